The van der Waals surface area contributed by atoms with Crippen molar-refractivity contribution < 1.29 is 19.4 Å². The van der Waals surface area contributed by atoms with Crippen LogP contribution in [0.2, 0.25) is 0 Å². The first kappa shape index (κ1) is 18.3. The molecule has 0 spiro atoms. The predicted octanol–water partition coefficient (Wildman–Crippen LogP) is 3.63. The molecule has 0 aromatic heterocycles. The lowest BCUT2D eigenvalue weighted by Crippen LogP contribution is -2.26. The molecule has 128 valence electrons. The summed E-state index contributed by atoms with van der Waals surface area (Å²) in [6, 6.07) is 4.91. The quantitative estimate of drug-likeness (QED) is 0.612. The molecule has 1 N–H and O–H groups in total. The van der Waals surface area contributed by atoms with Gasteiger partial charge in [-0.05, 0) is 37.6 Å². The van der Waals surface area contributed by atoms with Crippen LogP contribution in [0.3, 0.4) is 0 Å². The van der Waals surface area contributed by atoms with Crippen LogP contribution in [0, 0.1) is 0 Å². The number of halogens is 1. The van der Waals surface area contributed by atoms with E-state index in [1.54, 1.807) is 24.0 Å². The van der Waals surface area contributed by atoms with Crippen LogP contribution >= 0.6 is 15.9 Å². The van der Waals surface area contributed by atoms with E-state index in [-0.39, 0.29) is 22.8 Å². The summed E-state index contributed by atoms with van der Waals surface area (Å²) >= 11 is 3.34. The number of benzene rings is 1. The molecule has 0 bridgehead atoms. The van der Waals surface area contributed by atoms with Crippen LogP contribution in [0.4, 0.5) is 0 Å². The van der Waals surface area contributed by atoms with Crippen molar-refractivity contribution in [2.45, 2.75) is 26.7 Å². The number of methoxy groups -OCH3 is 1. The van der Waals surface area contributed by atoms with Gasteiger partial charge in [0.05, 0.1) is 18.3 Å². The number of aromatic hydroxyl groups is 1. The Bertz CT molecular complexity index is 737. The van der Waals surface area contributed by atoms with Crippen molar-refractivity contribution >= 4 is 33.9 Å². The van der Waals surface area contributed by atoms with Crippen molar-refractivity contribution in [2.24, 2.45) is 0 Å². The van der Waals surface area contributed by atoms with Crippen LogP contribution < -0.4 is 0 Å². The van der Waals surface area contributed by atoms with Gasteiger partial charge in [-0.25, -0.2) is 4.79 Å². The minimum absolute atomic E-state index is 0.0346. The van der Waals surface area contributed by atoms with Gasteiger partial charge in [0.15, 0.2) is 0 Å². The molecule has 0 saturated heterocycles. The molecule has 1 heterocycles. The van der Waals surface area contributed by atoms with Gasteiger partial charge in [0.2, 0.25) is 0 Å². The lowest BCUT2D eigenvalue weighted by atomic mass is 10.0. The second-order valence-electron chi connectivity index (χ2n) is 5.52. The highest BCUT2D eigenvalue weighted by molar-refractivity contribution is 9.10. The number of unbranched alkanes of at least 4 members (excludes halogenated alkanes) is 1. The van der Waals surface area contributed by atoms with Gasteiger partial charge in [-0.15, -0.1) is 0 Å². The zero-order valence-electron chi connectivity index (χ0n) is 13.9. The third kappa shape index (κ3) is 3.53. The molecule has 6 heteroatoms. The number of nitrogens with zero attached hydrogens (tertiary/aromatic N) is 1. The van der Waals surface area contributed by atoms with E-state index in [2.05, 4.69) is 15.9 Å². The minimum atomic E-state index is -0.555. The number of hydrogen-bond donors (Lipinski definition) is 1. The number of allylic oxidation sites excluding steroid dienone is 1. The summed E-state index contributed by atoms with van der Waals surface area (Å²) in [5.74, 6) is -0.770. The smallest absolute Gasteiger partial charge is 0.340 e. The van der Waals surface area contributed by atoms with Crippen molar-refractivity contribution in [2.75, 3.05) is 13.7 Å². The fraction of sp³-hybridized carbons (Fsp3) is 0.333. The summed E-state index contributed by atoms with van der Waals surface area (Å²) in [6.45, 7) is 4.32. The molecule has 0 saturated carbocycles. The average molecular weight is 394 g/mol. The standard InChI is InChI=1S/C18H20BrNO4/c1-4-5-8-20-11(2)16(18(23)24-3)14(17(20)22)10-12-9-13(19)6-7-15(12)21/h6-7,9-10,21H,4-5,8H2,1-3H3/b14-10-. The lowest BCUT2D eigenvalue weighted by molar-refractivity contribution is -0.136. The largest absolute Gasteiger partial charge is 0.507 e. The van der Waals surface area contributed by atoms with Gasteiger partial charge in [0, 0.05) is 22.3 Å². The third-order valence-corrected chi connectivity index (χ3v) is 4.42. The molecule has 0 aliphatic carbocycles. The highest BCUT2D eigenvalue weighted by Gasteiger charge is 2.36. The highest BCUT2D eigenvalue weighted by Crippen LogP contribution is 2.34. The van der Waals surface area contributed by atoms with Crippen molar-refractivity contribution in [3.05, 3.63) is 45.1 Å². The summed E-state index contributed by atoms with van der Waals surface area (Å²) in [7, 11) is 1.29. The average Bonchev–Trinajstić information content (AvgIpc) is 2.79. The van der Waals surface area contributed by atoms with Gasteiger partial charge in [-0.3, -0.25) is 4.79 Å². The zero-order chi connectivity index (χ0) is 17.9. The van der Waals surface area contributed by atoms with Gasteiger partial charge >= 0.3 is 5.97 Å². The van der Waals surface area contributed by atoms with E-state index < -0.39 is 5.97 Å². The Morgan fingerprint density at radius 1 is 1.42 bits per heavy atom. The van der Waals surface area contributed by atoms with E-state index in [9.17, 15) is 14.7 Å². The van der Waals surface area contributed by atoms with Crippen molar-refractivity contribution in [1.82, 2.24) is 4.90 Å². The van der Waals surface area contributed by atoms with Gasteiger partial charge in [0.25, 0.3) is 5.91 Å². The highest BCUT2D eigenvalue weighted by atomic mass is 79.9. The van der Waals surface area contributed by atoms with Crippen LogP contribution in [-0.4, -0.2) is 35.5 Å². The molecule has 1 aromatic carbocycles. The number of rotatable bonds is 5. The summed E-state index contributed by atoms with van der Waals surface area (Å²) in [5, 5.41) is 10.0. The van der Waals surface area contributed by atoms with Crippen LogP contribution in [0.5, 0.6) is 5.75 Å². The maximum atomic E-state index is 12.8. The second kappa shape index (κ2) is 7.66. The molecule has 1 amide bonds. The van der Waals surface area contributed by atoms with Crippen LogP contribution in [0.1, 0.15) is 32.3 Å². The Labute approximate surface area is 149 Å². The summed E-state index contributed by atoms with van der Waals surface area (Å²) in [5.41, 5.74) is 1.53. The fourth-order valence-corrected chi connectivity index (χ4v) is 2.99. The maximum absolute atomic E-state index is 12.8. The Kier molecular flexibility index (Phi) is 5.83. The number of carbonyl (C=O) groups is 2. The van der Waals surface area contributed by atoms with Gasteiger partial charge in [-0.1, -0.05) is 29.3 Å². The van der Waals surface area contributed by atoms with E-state index in [0.29, 0.717) is 17.8 Å². The Hall–Kier alpha value is -2.08. The van der Waals surface area contributed by atoms with Gasteiger partial charge in [0.1, 0.15) is 5.75 Å². The number of amides is 1. The zero-order valence-corrected chi connectivity index (χ0v) is 15.5. The SMILES string of the molecule is CCCCN1C(=O)/C(=C\c2cc(Br)ccc2O)C(C(=O)OC)=C1C. The van der Waals surface area contributed by atoms with Crippen LogP contribution in [0.15, 0.2) is 39.5 Å². The third-order valence-electron chi connectivity index (χ3n) is 3.93. The topological polar surface area (TPSA) is 66.8 Å². The number of esters is 1. The van der Waals surface area contributed by atoms with Crippen molar-refractivity contribution in [3.8, 4) is 5.75 Å². The molecule has 0 fully saturated rings. The number of carbonyl (C=O) groups excluding carboxylic acids is 2. The molecule has 0 radical (unpaired) electrons. The summed E-state index contributed by atoms with van der Waals surface area (Å²) in [4.78, 5) is 26.5. The summed E-state index contributed by atoms with van der Waals surface area (Å²) in [6.07, 6.45) is 3.31. The maximum Gasteiger partial charge on any atom is 0.340 e. The Balaban J connectivity index is 2.54. The van der Waals surface area contributed by atoms with Crippen molar-refractivity contribution in [1.29, 1.82) is 0 Å². The van der Waals surface area contributed by atoms with Gasteiger partial charge < -0.3 is 14.7 Å². The van der Waals surface area contributed by atoms with Crippen LogP contribution in [0.25, 0.3) is 6.08 Å². The fourth-order valence-electron chi connectivity index (χ4n) is 2.61. The molecule has 5 nitrogen and oxygen atoms in total. The first-order chi connectivity index (χ1) is 11.4. The molecule has 0 atom stereocenters. The molecular weight excluding hydrogens is 374 g/mol. The molecule has 2 rings (SSSR count). The Morgan fingerprint density at radius 3 is 2.75 bits per heavy atom. The lowest BCUT2D eigenvalue weighted by Gasteiger charge is -2.17. The molecular formula is C18H20BrNO4. The predicted molar refractivity (Wildman–Crippen MR) is 95.1 cm³/mol. The normalized spacial score (nSPS) is 16.2. The first-order valence-electron chi connectivity index (χ1n) is 7.72. The van der Waals surface area contributed by atoms with E-state index in [4.69, 9.17) is 4.74 Å². The summed E-state index contributed by atoms with van der Waals surface area (Å²) < 4.78 is 5.60. The monoisotopic (exact) mass is 393 g/mol. The number of phenols is 1. The molecule has 1 aromatic rings. The molecule has 1 aliphatic heterocycles. The molecule has 0 unspecified atom stereocenters. The van der Waals surface area contributed by atoms with E-state index in [0.717, 1.165) is 17.3 Å². The molecule has 1 aliphatic rings. The number of hydrogen-bond acceptors (Lipinski definition) is 4. The number of phenolic OH excluding ortho intramolecular Hbond substituents is 1. The van der Waals surface area contributed by atoms with E-state index >= 15 is 0 Å². The minimum Gasteiger partial charge on any atom is -0.507 e. The van der Waals surface area contributed by atoms with E-state index in [1.165, 1.54) is 19.3 Å². The first-order valence-corrected chi connectivity index (χ1v) is 8.51. The second-order valence-corrected chi connectivity index (χ2v) is 6.44. The number of ether oxygens (including phenoxy) is 1. The van der Waals surface area contributed by atoms with E-state index in [1.807, 2.05) is 6.92 Å². The molecule has 24 heavy (non-hydrogen) atoms. The van der Waals surface area contributed by atoms with Gasteiger partial charge in [-0.2, -0.15) is 0 Å². The van der Waals surface area contributed by atoms with Crippen molar-refractivity contribution in [3.63, 3.8) is 0 Å². The van der Waals surface area contributed by atoms with Crippen LogP contribution in [-0.2, 0) is 14.3 Å². The Morgan fingerprint density at radius 2 is 2.12 bits per heavy atom.